The van der Waals surface area contributed by atoms with Gasteiger partial charge in [0.15, 0.2) is 18.9 Å². The highest BCUT2D eigenvalue weighted by Gasteiger charge is 2.10. The Bertz CT molecular complexity index is 561. The van der Waals surface area contributed by atoms with Gasteiger partial charge in [-0.2, -0.15) is 4.57 Å². The Balaban J connectivity index is 0.00000200. The highest BCUT2D eigenvalue weighted by molar-refractivity contribution is 8.13. The second kappa shape index (κ2) is 8.07. The van der Waals surface area contributed by atoms with Crippen LogP contribution in [0.4, 0.5) is 4.79 Å². The van der Waals surface area contributed by atoms with Crippen LogP contribution < -0.4 is 21.5 Å². The number of hydrogen-bond acceptors (Lipinski definition) is 2. The first-order valence-corrected chi connectivity index (χ1v) is 6.89. The number of halogens is 1. The van der Waals surface area contributed by atoms with Gasteiger partial charge >= 0.3 is 0 Å². The van der Waals surface area contributed by atoms with Gasteiger partial charge in [0, 0.05) is 25.7 Å². The monoisotopic (exact) mass is 352 g/mol. The first-order chi connectivity index (χ1) is 9.15. The zero-order valence-electron chi connectivity index (χ0n) is 11.5. The van der Waals surface area contributed by atoms with Crippen LogP contribution in [0.3, 0.4) is 0 Å². The summed E-state index contributed by atoms with van der Waals surface area (Å²) in [6, 6.07) is 14.2. The number of carbonyl (C=O) groups excluding carboxylic acids is 1. The van der Waals surface area contributed by atoms with E-state index in [0.717, 1.165) is 11.4 Å². The molecule has 106 valence electrons. The van der Waals surface area contributed by atoms with Crippen molar-refractivity contribution in [3.05, 3.63) is 60.4 Å². The molecule has 0 aliphatic rings. The fourth-order valence-corrected chi connectivity index (χ4v) is 2.36. The van der Waals surface area contributed by atoms with Crippen LogP contribution in [0.25, 0.3) is 0 Å². The maximum Gasteiger partial charge on any atom is 0.286 e. The lowest BCUT2D eigenvalue weighted by Crippen LogP contribution is -3.00. The molecule has 20 heavy (non-hydrogen) atoms. The molecule has 1 aromatic heterocycles. The van der Waals surface area contributed by atoms with Gasteiger partial charge in [-0.1, -0.05) is 30.3 Å². The van der Waals surface area contributed by atoms with Gasteiger partial charge in [0.2, 0.25) is 0 Å². The minimum atomic E-state index is 0. The number of pyridine rings is 1. The van der Waals surface area contributed by atoms with E-state index in [0.29, 0.717) is 0 Å². The number of nitrogens with zero attached hydrogens (tertiary/aromatic N) is 2. The molecule has 1 aromatic carbocycles. The molecule has 0 aliphatic heterocycles. The fourth-order valence-electron chi connectivity index (χ4n) is 1.64. The summed E-state index contributed by atoms with van der Waals surface area (Å²) in [5.74, 6) is 0. The van der Waals surface area contributed by atoms with Crippen molar-refractivity contribution >= 4 is 17.0 Å². The molecule has 5 heteroatoms. The van der Waals surface area contributed by atoms with Crippen LogP contribution in [-0.4, -0.2) is 24.2 Å². The summed E-state index contributed by atoms with van der Waals surface area (Å²) < 4.78 is 2.08. The topological polar surface area (TPSA) is 24.2 Å². The van der Waals surface area contributed by atoms with Gasteiger partial charge in [-0.3, -0.25) is 4.79 Å². The van der Waals surface area contributed by atoms with Crippen LogP contribution >= 0.6 is 11.8 Å². The van der Waals surface area contributed by atoms with Crippen LogP contribution in [0.2, 0.25) is 0 Å². The molecule has 0 spiro atoms. The van der Waals surface area contributed by atoms with Gasteiger partial charge in [-0.15, -0.1) is 0 Å². The molecule has 0 N–H and O–H groups in total. The Morgan fingerprint density at radius 1 is 1.15 bits per heavy atom. The first kappa shape index (κ1) is 16.7. The van der Waals surface area contributed by atoms with E-state index >= 15 is 0 Å². The van der Waals surface area contributed by atoms with Crippen molar-refractivity contribution in [3.8, 4) is 0 Å². The van der Waals surface area contributed by atoms with Crippen LogP contribution in [0.5, 0.6) is 0 Å². The summed E-state index contributed by atoms with van der Waals surface area (Å²) in [6.45, 7) is 0.811. The van der Waals surface area contributed by atoms with E-state index in [-0.39, 0.29) is 22.2 Å². The number of carbonyl (C=O) groups is 1. The van der Waals surface area contributed by atoms with Gasteiger partial charge in [0.05, 0.1) is 4.90 Å². The molecule has 0 bridgehead atoms. The highest BCUT2D eigenvalue weighted by atomic mass is 79.9. The molecule has 0 saturated heterocycles. The van der Waals surface area contributed by atoms with Gasteiger partial charge < -0.3 is 21.9 Å². The predicted molar refractivity (Wildman–Crippen MR) is 77.1 cm³/mol. The SMILES string of the molecule is CN(C)C(=O)Sc1ccc[n+](Cc2ccccc2)c1.[Br-]. The standard InChI is InChI=1S/C15H17N2OS.BrH/c1-16(2)15(18)19-14-9-6-10-17(12-14)11-13-7-4-3-5-8-13;/h3-10,12H,11H2,1-2H3;1H/q+1;/p-1. The van der Waals surface area contributed by atoms with Gasteiger partial charge in [0.1, 0.15) is 0 Å². The lowest BCUT2D eigenvalue weighted by atomic mass is 10.2. The summed E-state index contributed by atoms with van der Waals surface area (Å²) in [7, 11) is 3.52. The van der Waals surface area contributed by atoms with Crippen molar-refractivity contribution in [2.24, 2.45) is 0 Å². The summed E-state index contributed by atoms with van der Waals surface area (Å²) in [4.78, 5) is 14.2. The molecule has 0 saturated carbocycles. The van der Waals surface area contributed by atoms with Crippen molar-refractivity contribution in [1.29, 1.82) is 0 Å². The molecule has 0 radical (unpaired) electrons. The number of amides is 1. The maximum absolute atomic E-state index is 11.7. The van der Waals surface area contributed by atoms with Crippen molar-refractivity contribution in [2.45, 2.75) is 11.4 Å². The molecule has 0 aliphatic carbocycles. The fraction of sp³-hybridized carbons (Fsp3) is 0.200. The molecule has 3 nitrogen and oxygen atoms in total. The predicted octanol–water partition coefficient (Wildman–Crippen LogP) is -0.200. The van der Waals surface area contributed by atoms with E-state index in [4.69, 9.17) is 0 Å². The highest BCUT2D eigenvalue weighted by Crippen LogP contribution is 2.18. The zero-order chi connectivity index (χ0) is 13.7. The third-order valence-corrected chi connectivity index (χ3v) is 3.63. The molecule has 1 amide bonds. The van der Waals surface area contributed by atoms with E-state index in [1.807, 2.05) is 42.7 Å². The molecule has 1 heterocycles. The van der Waals surface area contributed by atoms with E-state index in [1.165, 1.54) is 17.3 Å². The van der Waals surface area contributed by atoms with E-state index in [2.05, 4.69) is 16.7 Å². The third-order valence-electron chi connectivity index (χ3n) is 2.61. The Labute approximate surface area is 134 Å². The van der Waals surface area contributed by atoms with E-state index < -0.39 is 0 Å². The summed E-state index contributed by atoms with van der Waals surface area (Å²) in [6.07, 6.45) is 4.01. The summed E-state index contributed by atoms with van der Waals surface area (Å²) in [5, 5.41) is 0.0393. The molecule has 0 atom stereocenters. The molecule has 2 aromatic rings. The zero-order valence-corrected chi connectivity index (χ0v) is 13.9. The molecule has 2 rings (SSSR count). The number of hydrogen-bond donors (Lipinski definition) is 0. The number of thioether (sulfide) groups is 1. The van der Waals surface area contributed by atoms with Crippen LogP contribution in [0, 0.1) is 0 Å². The molecular weight excluding hydrogens is 336 g/mol. The Morgan fingerprint density at radius 2 is 1.85 bits per heavy atom. The lowest BCUT2D eigenvalue weighted by molar-refractivity contribution is -0.690. The van der Waals surface area contributed by atoms with Crippen LogP contribution in [0.15, 0.2) is 59.8 Å². The number of benzene rings is 1. The van der Waals surface area contributed by atoms with Crippen molar-refractivity contribution < 1.29 is 26.3 Å². The third kappa shape index (κ3) is 4.98. The van der Waals surface area contributed by atoms with E-state index in [1.54, 1.807) is 19.0 Å². The normalized spacial score (nSPS) is 9.70. The second-order valence-corrected chi connectivity index (χ2v) is 5.48. The lowest BCUT2D eigenvalue weighted by Gasteiger charge is -2.08. The van der Waals surface area contributed by atoms with Crippen molar-refractivity contribution in [2.75, 3.05) is 14.1 Å². The number of rotatable bonds is 3. The average molecular weight is 353 g/mol. The molecular formula is C15H17BrN2OS. The van der Waals surface area contributed by atoms with Gasteiger partial charge in [-0.25, -0.2) is 0 Å². The minimum Gasteiger partial charge on any atom is -1.00 e. The summed E-state index contributed by atoms with van der Waals surface area (Å²) in [5.41, 5.74) is 1.24. The van der Waals surface area contributed by atoms with Crippen molar-refractivity contribution in [1.82, 2.24) is 4.90 Å². The summed E-state index contributed by atoms with van der Waals surface area (Å²) >= 11 is 1.24. The molecule has 0 fully saturated rings. The quantitative estimate of drug-likeness (QED) is 0.564. The van der Waals surface area contributed by atoms with Crippen LogP contribution in [0.1, 0.15) is 5.56 Å². The largest absolute Gasteiger partial charge is 1.00 e. The Kier molecular flexibility index (Phi) is 6.75. The maximum atomic E-state index is 11.7. The minimum absolute atomic E-state index is 0. The first-order valence-electron chi connectivity index (χ1n) is 6.07. The Hall–Kier alpha value is -1.33. The van der Waals surface area contributed by atoms with Gasteiger partial charge in [0.25, 0.3) is 5.24 Å². The van der Waals surface area contributed by atoms with Crippen LogP contribution in [-0.2, 0) is 6.54 Å². The molecule has 0 unspecified atom stereocenters. The van der Waals surface area contributed by atoms with Crippen molar-refractivity contribution in [3.63, 3.8) is 0 Å². The Morgan fingerprint density at radius 3 is 2.50 bits per heavy atom. The van der Waals surface area contributed by atoms with Gasteiger partial charge in [-0.05, 0) is 17.8 Å². The van der Waals surface area contributed by atoms with E-state index in [9.17, 15) is 4.79 Å². The average Bonchev–Trinajstić information content (AvgIpc) is 2.40. The smallest absolute Gasteiger partial charge is 0.286 e. The number of aromatic nitrogens is 1. The second-order valence-electron chi connectivity index (χ2n) is 4.46.